The SMILES string of the molecule is CCOC(=O)Cn1/c(=N/S(=O)(=O)c2ccc(OC)cc2)sc2cc(S(N)(=O)=O)ccc21. The van der Waals surface area contributed by atoms with Crippen LogP contribution in [0.2, 0.25) is 0 Å². The smallest absolute Gasteiger partial charge is 0.326 e. The molecule has 166 valence electrons. The van der Waals surface area contributed by atoms with Crippen LogP contribution in [-0.2, 0) is 36.1 Å². The molecule has 0 saturated heterocycles. The van der Waals surface area contributed by atoms with Crippen LogP contribution in [0.5, 0.6) is 5.75 Å². The fourth-order valence-corrected chi connectivity index (χ4v) is 5.58. The van der Waals surface area contributed by atoms with Gasteiger partial charge in [-0.2, -0.15) is 8.42 Å². The maximum atomic E-state index is 12.8. The predicted molar refractivity (Wildman–Crippen MR) is 114 cm³/mol. The maximum Gasteiger partial charge on any atom is 0.326 e. The van der Waals surface area contributed by atoms with Gasteiger partial charge in [-0.25, -0.2) is 13.6 Å². The minimum Gasteiger partial charge on any atom is -0.497 e. The second-order valence-corrected chi connectivity index (χ2v) is 10.4. The second kappa shape index (κ2) is 8.78. The van der Waals surface area contributed by atoms with E-state index in [9.17, 15) is 21.6 Å². The Morgan fingerprint density at radius 3 is 2.32 bits per heavy atom. The first kappa shape index (κ1) is 22.9. The molecule has 0 unspecified atom stereocenters. The van der Waals surface area contributed by atoms with Crippen LogP contribution < -0.4 is 14.7 Å². The van der Waals surface area contributed by atoms with Gasteiger partial charge >= 0.3 is 5.97 Å². The van der Waals surface area contributed by atoms with E-state index >= 15 is 0 Å². The normalized spacial score (nSPS) is 12.8. The van der Waals surface area contributed by atoms with Crippen LogP contribution in [-0.4, -0.2) is 41.1 Å². The number of hydrogen-bond donors (Lipinski definition) is 1. The van der Waals surface area contributed by atoms with Gasteiger partial charge in [0.05, 0.1) is 33.7 Å². The van der Waals surface area contributed by atoms with E-state index in [2.05, 4.69) is 4.40 Å². The van der Waals surface area contributed by atoms with Gasteiger partial charge in [0, 0.05) is 0 Å². The number of thiazole rings is 1. The molecule has 0 atom stereocenters. The molecule has 31 heavy (non-hydrogen) atoms. The topological polar surface area (TPSA) is 147 Å². The van der Waals surface area contributed by atoms with Crippen LogP contribution >= 0.6 is 11.3 Å². The first-order chi connectivity index (χ1) is 14.5. The van der Waals surface area contributed by atoms with Gasteiger partial charge in [0.2, 0.25) is 14.8 Å². The lowest BCUT2D eigenvalue weighted by Gasteiger charge is -2.06. The second-order valence-electron chi connectivity index (χ2n) is 6.19. The summed E-state index contributed by atoms with van der Waals surface area (Å²) in [6.07, 6.45) is 0. The number of fused-ring (bicyclic) bond motifs is 1. The molecule has 0 aliphatic heterocycles. The van der Waals surface area contributed by atoms with Gasteiger partial charge in [-0.05, 0) is 49.4 Å². The average Bonchev–Trinajstić information content (AvgIpc) is 3.03. The number of carbonyl (C=O) groups excluding carboxylic acids is 1. The zero-order valence-corrected chi connectivity index (χ0v) is 19.0. The Labute approximate surface area is 182 Å². The van der Waals surface area contributed by atoms with E-state index < -0.39 is 26.0 Å². The van der Waals surface area contributed by atoms with E-state index in [1.165, 1.54) is 54.1 Å². The summed E-state index contributed by atoms with van der Waals surface area (Å²) in [5.41, 5.74) is 0.411. The number of primary sulfonamides is 1. The number of benzene rings is 2. The molecule has 10 nitrogen and oxygen atoms in total. The van der Waals surface area contributed by atoms with Crippen molar-refractivity contribution in [3.8, 4) is 5.75 Å². The third-order valence-electron chi connectivity index (χ3n) is 4.13. The summed E-state index contributed by atoms with van der Waals surface area (Å²) in [4.78, 5) is 11.8. The van der Waals surface area contributed by atoms with Crippen molar-refractivity contribution in [3.05, 3.63) is 47.3 Å². The van der Waals surface area contributed by atoms with Crippen molar-refractivity contribution in [2.45, 2.75) is 23.3 Å². The van der Waals surface area contributed by atoms with E-state index in [0.29, 0.717) is 16.0 Å². The van der Waals surface area contributed by atoms with Gasteiger partial charge in [0.15, 0.2) is 0 Å². The molecule has 1 aromatic heterocycles. The third-order valence-corrected chi connectivity index (χ3v) is 7.48. The first-order valence-electron chi connectivity index (χ1n) is 8.82. The molecule has 0 radical (unpaired) electrons. The number of methoxy groups -OCH3 is 1. The van der Waals surface area contributed by atoms with E-state index in [0.717, 1.165) is 11.3 Å². The van der Waals surface area contributed by atoms with Crippen LogP contribution in [0.3, 0.4) is 0 Å². The number of rotatable bonds is 7. The highest BCUT2D eigenvalue weighted by Crippen LogP contribution is 2.23. The molecular formula is C18H19N3O7S3. The number of hydrogen-bond acceptors (Lipinski definition) is 8. The molecule has 2 N–H and O–H groups in total. The highest BCUT2D eigenvalue weighted by molar-refractivity contribution is 7.90. The summed E-state index contributed by atoms with van der Waals surface area (Å²) in [7, 11) is -6.64. The molecule has 3 aromatic rings. The van der Waals surface area contributed by atoms with E-state index in [4.69, 9.17) is 14.6 Å². The Hall–Kier alpha value is -2.74. The van der Waals surface area contributed by atoms with Crippen molar-refractivity contribution >= 4 is 47.6 Å². The van der Waals surface area contributed by atoms with Gasteiger partial charge in [-0.1, -0.05) is 11.3 Å². The standard InChI is InChI=1S/C18H19N3O7S3/c1-3-28-17(22)11-21-15-9-8-14(30(19,23)24)10-16(15)29-18(21)20-31(25,26)13-6-4-12(27-2)5-7-13/h4-10H,3,11H2,1-2H3,(H2,19,23,24)/b20-18-. The third kappa shape index (κ3) is 5.12. The number of aromatic nitrogens is 1. The Morgan fingerprint density at radius 2 is 1.74 bits per heavy atom. The Kier molecular flexibility index (Phi) is 6.50. The zero-order valence-electron chi connectivity index (χ0n) is 16.5. The molecule has 3 rings (SSSR count). The molecule has 0 bridgehead atoms. The van der Waals surface area contributed by atoms with Gasteiger partial charge < -0.3 is 14.0 Å². The van der Waals surface area contributed by atoms with Crippen LogP contribution in [0.15, 0.2) is 56.7 Å². The molecule has 2 aromatic carbocycles. The van der Waals surface area contributed by atoms with Gasteiger partial charge in [0.25, 0.3) is 10.0 Å². The van der Waals surface area contributed by atoms with Gasteiger partial charge in [0.1, 0.15) is 12.3 Å². The quantitative estimate of drug-likeness (QED) is 0.495. The van der Waals surface area contributed by atoms with E-state index in [1.54, 1.807) is 6.92 Å². The lowest BCUT2D eigenvalue weighted by atomic mass is 10.3. The summed E-state index contributed by atoms with van der Waals surface area (Å²) in [6.45, 7) is 1.49. The molecule has 13 heteroatoms. The molecule has 0 spiro atoms. The highest BCUT2D eigenvalue weighted by atomic mass is 32.2. The molecular weight excluding hydrogens is 466 g/mol. The summed E-state index contributed by atoms with van der Waals surface area (Å²) in [6, 6.07) is 9.67. The van der Waals surface area contributed by atoms with Crippen molar-refractivity contribution in [3.63, 3.8) is 0 Å². The number of carbonyl (C=O) groups is 1. The summed E-state index contributed by atoms with van der Waals surface area (Å²) in [5, 5.41) is 5.18. The number of esters is 1. The molecule has 1 heterocycles. The minimum atomic E-state index is -4.13. The van der Waals surface area contributed by atoms with Gasteiger partial charge in [-0.15, -0.1) is 4.40 Å². The van der Waals surface area contributed by atoms with Crippen molar-refractivity contribution < 1.29 is 31.1 Å². The van der Waals surface area contributed by atoms with Crippen molar-refractivity contribution in [1.29, 1.82) is 0 Å². The van der Waals surface area contributed by atoms with E-state index in [-0.39, 0.29) is 27.7 Å². The van der Waals surface area contributed by atoms with Crippen molar-refractivity contribution in [2.24, 2.45) is 9.54 Å². The van der Waals surface area contributed by atoms with Crippen LogP contribution in [0, 0.1) is 0 Å². The molecule has 0 aliphatic rings. The van der Waals surface area contributed by atoms with Crippen LogP contribution in [0.25, 0.3) is 10.2 Å². The van der Waals surface area contributed by atoms with Gasteiger partial charge in [-0.3, -0.25) is 4.79 Å². The van der Waals surface area contributed by atoms with E-state index in [1.807, 2.05) is 0 Å². The van der Waals surface area contributed by atoms with Crippen molar-refractivity contribution in [2.75, 3.05) is 13.7 Å². The minimum absolute atomic E-state index is 0.0227. The Bertz CT molecular complexity index is 1400. The summed E-state index contributed by atoms with van der Waals surface area (Å²) in [5.74, 6) is -0.116. The van der Waals surface area contributed by atoms with Crippen LogP contribution in [0.1, 0.15) is 6.92 Å². The maximum absolute atomic E-state index is 12.8. The molecule has 0 saturated carbocycles. The first-order valence-corrected chi connectivity index (χ1v) is 12.6. The largest absolute Gasteiger partial charge is 0.497 e. The summed E-state index contributed by atoms with van der Waals surface area (Å²) < 4.78 is 64.6. The number of ether oxygens (including phenoxy) is 2. The monoisotopic (exact) mass is 485 g/mol. The van der Waals surface area contributed by atoms with Crippen LogP contribution in [0.4, 0.5) is 0 Å². The predicted octanol–water partition coefficient (Wildman–Crippen LogP) is 1.21. The summed E-state index contributed by atoms with van der Waals surface area (Å²) >= 11 is 0.908. The average molecular weight is 486 g/mol. The Balaban J connectivity index is 2.21. The lowest BCUT2D eigenvalue weighted by molar-refractivity contribution is -0.143. The fraction of sp³-hybridized carbons (Fsp3) is 0.222. The lowest BCUT2D eigenvalue weighted by Crippen LogP contribution is -2.23. The number of nitrogens with two attached hydrogens (primary N) is 1. The number of nitrogens with zero attached hydrogens (tertiary/aromatic N) is 2. The fourth-order valence-electron chi connectivity index (χ4n) is 2.69. The van der Waals surface area contributed by atoms with Crippen molar-refractivity contribution in [1.82, 2.24) is 4.57 Å². The Morgan fingerprint density at radius 1 is 1.10 bits per heavy atom. The molecule has 0 amide bonds. The number of sulfonamides is 2. The zero-order chi connectivity index (χ0) is 22.8. The molecule has 0 aliphatic carbocycles. The highest BCUT2D eigenvalue weighted by Gasteiger charge is 2.18. The molecule has 0 fully saturated rings.